The Bertz CT molecular complexity index is 266. The highest BCUT2D eigenvalue weighted by atomic mass is 15.3. The van der Waals surface area contributed by atoms with E-state index in [0.717, 1.165) is 24.0 Å². The molecule has 0 spiro atoms. The van der Waals surface area contributed by atoms with Gasteiger partial charge in [0.1, 0.15) is 0 Å². The van der Waals surface area contributed by atoms with Crippen LogP contribution in [0.15, 0.2) is 0 Å². The van der Waals surface area contributed by atoms with Gasteiger partial charge in [-0.3, -0.25) is 4.90 Å². The van der Waals surface area contributed by atoms with Crippen LogP contribution in [-0.4, -0.2) is 36.1 Å². The molecule has 2 aliphatic rings. The molecule has 0 aromatic rings. The minimum Gasteiger partial charge on any atom is -0.311 e. The first-order valence-electron chi connectivity index (χ1n) is 9.27. The topological polar surface area (TPSA) is 15.3 Å². The summed E-state index contributed by atoms with van der Waals surface area (Å²) in [7, 11) is 0. The number of piperazine rings is 1. The average Bonchev–Trinajstić information content (AvgIpc) is 2.72. The lowest BCUT2D eigenvalue weighted by Crippen LogP contribution is -2.59. The van der Waals surface area contributed by atoms with E-state index in [2.05, 4.69) is 31.0 Å². The van der Waals surface area contributed by atoms with Gasteiger partial charge >= 0.3 is 0 Å². The predicted octanol–water partition coefficient (Wildman–Crippen LogP) is 4.20. The number of rotatable bonds is 5. The van der Waals surface area contributed by atoms with Gasteiger partial charge in [0.15, 0.2) is 0 Å². The first kappa shape index (κ1) is 16.3. The van der Waals surface area contributed by atoms with Crippen molar-refractivity contribution in [1.29, 1.82) is 0 Å². The first-order chi connectivity index (χ1) is 9.78. The maximum atomic E-state index is 3.74. The van der Waals surface area contributed by atoms with E-state index in [1.165, 1.54) is 70.9 Å². The normalized spacial score (nSPS) is 36.8. The molecule has 20 heavy (non-hydrogen) atoms. The van der Waals surface area contributed by atoms with Crippen molar-refractivity contribution >= 4 is 0 Å². The third-order valence-corrected chi connectivity index (χ3v) is 5.73. The number of hydrogen-bond acceptors (Lipinski definition) is 2. The van der Waals surface area contributed by atoms with E-state index in [1.54, 1.807) is 0 Å². The molecule has 2 heteroatoms. The van der Waals surface area contributed by atoms with E-state index in [-0.39, 0.29) is 0 Å². The second-order valence-corrected chi connectivity index (χ2v) is 7.09. The van der Waals surface area contributed by atoms with Gasteiger partial charge in [0, 0.05) is 31.2 Å². The highest BCUT2D eigenvalue weighted by Crippen LogP contribution is 2.31. The van der Waals surface area contributed by atoms with Gasteiger partial charge in [-0.05, 0) is 38.0 Å². The van der Waals surface area contributed by atoms with Gasteiger partial charge in [0.05, 0.1) is 0 Å². The van der Waals surface area contributed by atoms with Gasteiger partial charge in [-0.15, -0.1) is 0 Å². The zero-order valence-electron chi connectivity index (χ0n) is 14.0. The van der Waals surface area contributed by atoms with Gasteiger partial charge in [-0.2, -0.15) is 0 Å². The summed E-state index contributed by atoms with van der Waals surface area (Å²) in [5, 5.41) is 3.74. The summed E-state index contributed by atoms with van der Waals surface area (Å²) in [6, 6.07) is 2.39. The third kappa shape index (κ3) is 4.21. The van der Waals surface area contributed by atoms with Crippen molar-refractivity contribution in [2.75, 3.05) is 13.1 Å². The fourth-order valence-electron chi connectivity index (χ4n) is 4.38. The summed E-state index contributed by atoms with van der Waals surface area (Å²) in [5.74, 6) is 1.02. The standard InChI is InChI=1S/C18H36N2/c1-4-8-15-9-7-10-18(12-11-15)20-14-16(5-2)19-13-17(20)6-3/h15-19H,4-14H2,1-3H3. The summed E-state index contributed by atoms with van der Waals surface area (Å²) in [5.41, 5.74) is 0. The Labute approximate surface area is 126 Å². The van der Waals surface area contributed by atoms with Crippen molar-refractivity contribution in [2.24, 2.45) is 5.92 Å². The van der Waals surface area contributed by atoms with E-state index in [1.807, 2.05) is 0 Å². The minimum atomic E-state index is 0.729. The van der Waals surface area contributed by atoms with Crippen LogP contribution < -0.4 is 5.32 Å². The second-order valence-electron chi connectivity index (χ2n) is 7.09. The van der Waals surface area contributed by atoms with Crippen molar-refractivity contribution in [3.63, 3.8) is 0 Å². The molecule has 0 amide bonds. The molecular weight excluding hydrogens is 244 g/mol. The van der Waals surface area contributed by atoms with Crippen LogP contribution in [0.4, 0.5) is 0 Å². The second kappa shape index (κ2) is 8.38. The van der Waals surface area contributed by atoms with Gasteiger partial charge in [0.25, 0.3) is 0 Å². The van der Waals surface area contributed by atoms with E-state index >= 15 is 0 Å². The van der Waals surface area contributed by atoms with Crippen LogP contribution in [0.1, 0.15) is 78.6 Å². The summed E-state index contributed by atoms with van der Waals surface area (Å²) >= 11 is 0. The molecule has 2 fully saturated rings. The average molecular weight is 281 g/mol. The molecule has 0 radical (unpaired) electrons. The van der Waals surface area contributed by atoms with E-state index in [0.29, 0.717) is 0 Å². The molecule has 1 saturated carbocycles. The lowest BCUT2D eigenvalue weighted by atomic mass is 9.94. The summed E-state index contributed by atoms with van der Waals surface area (Å²) in [6.45, 7) is 9.54. The highest BCUT2D eigenvalue weighted by molar-refractivity contribution is 4.90. The Morgan fingerprint density at radius 2 is 1.85 bits per heavy atom. The number of nitrogens with zero attached hydrogens (tertiary/aromatic N) is 1. The molecule has 2 rings (SSSR count). The van der Waals surface area contributed by atoms with Crippen molar-refractivity contribution in [3.05, 3.63) is 0 Å². The maximum Gasteiger partial charge on any atom is 0.0221 e. The summed E-state index contributed by atoms with van der Waals surface area (Å²) in [4.78, 5) is 2.89. The highest BCUT2D eigenvalue weighted by Gasteiger charge is 2.32. The Kier molecular flexibility index (Phi) is 6.83. The van der Waals surface area contributed by atoms with Crippen LogP contribution in [0.3, 0.4) is 0 Å². The fraction of sp³-hybridized carbons (Fsp3) is 1.00. The van der Waals surface area contributed by atoms with Gasteiger partial charge in [-0.25, -0.2) is 0 Å². The van der Waals surface area contributed by atoms with Gasteiger partial charge < -0.3 is 5.32 Å². The molecule has 4 unspecified atom stereocenters. The lowest BCUT2D eigenvalue weighted by molar-refractivity contribution is 0.0691. The molecular formula is C18H36N2. The Balaban J connectivity index is 1.93. The van der Waals surface area contributed by atoms with Crippen molar-refractivity contribution in [1.82, 2.24) is 10.2 Å². The molecule has 1 N–H and O–H groups in total. The molecule has 1 aliphatic heterocycles. The van der Waals surface area contributed by atoms with Gasteiger partial charge in [0.2, 0.25) is 0 Å². The maximum absolute atomic E-state index is 3.74. The summed E-state index contributed by atoms with van der Waals surface area (Å²) < 4.78 is 0. The molecule has 118 valence electrons. The predicted molar refractivity (Wildman–Crippen MR) is 88.1 cm³/mol. The van der Waals surface area contributed by atoms with Crippen LogP contribution in [0.2, 0.25) is 0 Å². The Morgan fingerprint density at radius 3 is 2.55 bits per heavy atom. The smallest absolute Gasteiger partial charge is 0.0221 e. The van der Waals surface area contributed by atoms with Crippen molar-refractivity contribution in [2.45, 2.75) is 96.7 Å². The molecule has 0 aromatic heterocycles. The largest absolute Gasteiger partial charge is 0.311 e. The van der Waals surface area contributed by atoms with Crippen LogP contribution >= 0.6 is 0 Å². The van der Waals surface area contributed by atoms with Crippen LogP contribution in [0.5, 0.6) is 0 Å². The molecule has 2 nitrogen and oxygen atoms in total. The number of nitrogens with one attached hydrogen (secondary N) is 1. The number of hydrogen-bond donors (Lipinski definition) is 1. The third-order valence-electron chi connectivity index (χ3n) is 5.73. The SMILES string of the molecule is CCCC1CCCC(N2CC(CC)NCC2CC)CC1. The zero-order chi connectivity index (χ0) is 14.4. The Morgan fingerprint density at radius 1 is 1.00 bits per heavy atom. The van der Waals surface area contributed by atoms with Gasteiger partial charge in [-0.1, -0.05) is 46.5 Å². The monoisotopic (exact) mass is 280 g/mol. The molecule has 4 atom stereocenters. The fourth-order valence-corrected chi connectivity index (χ4v) is 4.38. The molecule has 0 aromatic carbocycles. The molecule has 1 saturated heterocycles. The molecule has 0 bridgehead atoms. The van der Waals surface area contributed by atoms with E-state index in [4.69, 9.17) is 0 Å². The Hall–Kier alpha value is -0.0800. The van der Waals surface area contributed by atoms with Crippen molar-refractivity contribution < 1.29 is 0 Å². The van der Waals surface area contributed by atoms with Crippen LogP contribution in [0.25, 0.3) is 0 Å². The van der Waals surface area contributed by atoms with Crippen LogP contribution in [0, 0.1) is 5.92 Å². The van der Waals surface area contributed by atoms with Crippen molar-refractivity contribution in [3.8, 4) is 0 Å². The first-order valence-corrected chi connectivity index (χ1v) is 9.27. The lowest BCUT2D eigenvalue weighted by Gasteiger charge is -2.44. The summed E-state index contributed by atoms with van der Waals surface area (Å²) in [6.07, 6.45) is 12.8. The van der Waals surface area contributed by atoms with E-state index in [9.17, 15) is 0 Å². The molecule has 1 aliphatic carbocycles. The van der Waals surface area contributed by atoms with E-state index < -0.39 is 0 Å². The molecule has 1 heterocycles. The minimum absolute atomic E-state index is 0.729. The zero-order valence-corrected chi connectivity index (χ0v) is 14.0. The van der Waals surface area contributed by atoms with Crippen LogP contribution in [-0.2, 0) is 0 Å². The quantitative estimate of drug-likeness (QED) is 0.759.